The van der Waals surface area contributed by atoms with Crippen LogP contribution in [-0.2, 0) is 14.4 Å². The maximum atomic E-state index is 15.2. The van der Waals surface area contributed by atoms with E-state index in [0.717, 1.165) is 23.8 Å². The van der Waals surface area contributed by atoms with E-state index < -0.39 is 60.1 Å². The lowest BCUT2D eigenvalue weighted by Gasteiger charge is -2.42. The number of nitrogens with one attached hydrogen (secondary N) is 3. The first-order chi connectivity index (χ1) is 30.1. The molecule has 0 radical (unpaired) electrons. The normalized spacial score (nSPS) is 22.4. The zero-order valence-electron chi connectivity index (χ0n) is 33.6. The van der Waals surface area contributed by atoms with Crippen LogP contribution in [0.15, 0.2) is 42.9 Å². The summed E-state index contributed by atoms with van der Waals surface area (Å²) in [5.41, 5.74) is -0.921. The van der Waals surface area contributed by atoms with Crippen LogP contribution in [0.5, 0.6) is 0 Å². The van der Waals surface area contributed by atoms with Crippen molar-refractivity contribution < 1.29 is 49.9 Å². The summed E-state index contributed by atoms with van der Waals surface area (Å²) < 4.78 is 98.0. The van der Waals surface area contributed by atoms with Crippen molar-refractivity contribution >= 4 is 40.8 Å². The third kappa shape index (κ3) is 9.76. The summed E-state index contributed by atoms with van der Waals surface area (Å²) in [4.78, 5) is 61.2. The fourth-order valence-corrected chi connectivity index (χ4v) is 8.86. The van der Waals surface area contributed by atoms with Gasteiger partial charge in [0.05, 0.1) is 35.4 Å². The predicted molar refractivity (Wildman–Crippen MR) is 210 cm³/mol. The molecule has 4 aromatic rings. The summed E-state index contributed by atoms with van der Waals surface area (Å²) in [5, 5.41) is 18.9. The van der Waals surface area contributed by atoms with Crippen molar-refractivity contribution in [1.82, 2.24) is 44.9 Å². The smallest absolute Gasteiger partial charge is 0.371 e. The molecule has 0 unspecified atom stereocenters. The summed E-state index contributed by atoms with van der Waals surface area (Å²) >= 11 is 0. The van der Waals surface area contributed by atoms with E-state index in [4.69, 9.17) is 0 Å². The van der Waals surface area contributed by atoms with Crippen LogP contribution in [0.2, 0.25) is 0 Å². The second kappa shape index (κ2) is 17.9. The minimum absolute atomic E-state index is 0.00919. The Kier molecular flexibility index (Phi) is 12.4. The van der Waals surface area contributed by atoms with E-state index in [1.807, 2.05) is 4.90 Å². The van der Waals surface area contributed by atoms with E-state index in [-0.39, 0.29) is 77.4 Å². The highest BCUT2D eigenvalue weighted by Crippen LogP contribution is 2.36. The van der Waals surface area contributed by atoms with Gasteiger partial charge in [0.25, 0.3) is 12.3 Å². The Balaban J connectivity index is 0.810. The van der Waals surface area contributed by atoms with Gasteiger partial charge in [-0.05, 0) is 56.7 Å². The predicted octanol–water partition coefficient (Wildman–Crippen LogP) is 4.98. The number of pyridine rings is 1. The van der Waals surface area contributed by atoms with E-state index in [9.17, 15) is 41.1 Å². The number of nitrogens with zero attached hydrogens (tertiary/aromatic N) is 9. The molecule has 4 amide bonds. The molecule has 16 nitrogen and oxygen atoms in total. The molecular formula is C40H43F7N12O4. The monoisotopic (exact) mass is 888 g/mol. The first kappa shape index (κ1) is 43.5. The highest BCUT2D eigenvalue weighted by molar-refractivity contribution is 6.03. The summed E-state index contributed by atoms with van der Waals surface area (Å²) in [6, 6.07) is 5.02. The highest BCUT2D eigenvalue weighted by atomic mass is 19.4. The molecule has 3 N–H and O–H groups in total. The van der Waals surface area contributed by atoms with Crippen LogP contribution in [-0.4, -0.2) is 121 Å². The maximum absolute atomic E-state index is 15.2. The molecule has 6 heterocycles. The summed E-state index contributed by atoms with van der Waals surface area (Å²) in [6.07, 6.45) is -0.480. The van der Waals surface area contributed by atoms with E-state index >= 15 is 8.78 Å². The van der Waals surface area contributed by atoms with Crippen LogP contribution < -0.4 is 20.9 Å². The van der Waals surface area contributed by atoms with Gasteiger partial charge >= 0.3 is 6.18 Å². The van der Waals surface area contributed by atoms with Gasteiger partial charge in [-0.1, -0.05) is 0 Å². The fourth-order valence-electron chi connectivity index (χ4n) is 8.86. The van der Waals surface area contributed by atoms with Crippen LogP contribution in [0.3, 0.4) is 0 Å². The van der Waals surface area contributed by atoms with Gasteiger partial charge in [0, 0.05) is 81.4 Å². The number of halogens is 7. The Morgan fingerprint density at radius 2 is 1.60 bits per heavy atom. The molecule has 63 heavy (non-hydrogen) atoms. The largest absolute Gasteiger partial charge is 0.405 e. The van der Waals surface area contributed by atoms with Gasteiger partial charge in [-0.2, -0.15) is 28.2 Å². The Morgan fingerprint density at radius 1 is 0.889 bits per heavy atom. The average Bonchev–Trinajstić information content (AvgIpc) is 4.05. The average molecular weight is 889 g/mol. The van der Waals surface area contributed by atoms with Gasteiger partial charge in [0.2, 0.25) is 17.7 Å². The van der Waals surface area contributed by atoms with Crippen LogP contribution in [0.25, 0.3) is 5.69 Å². The topological polar surface area (TPSA) is 176 Å². The lowest BCUT2D eigenvalue weighted by atomic mass is 9.89. The van der Waals surface area contributed by atoms with Crippen molar-refractivity contribution in [3.05, 3.63) is 71.4 Å². The van der Waals surface area contributed by atoms with Gasteiger partial charge in [-0.3, -0.25) is 34.1 Å². The molecule has 2 atom stereocenters. The lowest BCUT2D eigenvalue weighted by molar-refractivity contribution is -0.137. The second-order valence-corrected chi connectivity index (χ2v) is 16.1. The Hall–Kier alpha value is -6.13. The molecule has 1 aromatic carbocycles. The molecule has 4 fully saturated rings. The van der Waals surface area contributed by atoms with Gasteiger partial charge in [0.1, 0.15) is 24.0 Å². The Morgan fingerprint density at radius 3 is 2.29 bits per heavy atom. The number of piperazine rings is 1. The molecule has 1 aliphatic carbocycles. The van der Waals surface area contributed by atoms with E-state index in [1.54, 1.807) is 4.90 Å². The lowest BCUT2D eigenvalue weighted by Crippen LogP contribution is -2.53. The van der Waals surface area contributed by atoms with Crippen molar-refractivity contribution in [3.63, 3.8) is 0 Å². The first-order valence-electron chi connectivity index (χ1n) is 20.6. The van der Waals surface area contributed by atoms with Crippen molar-refractivity contribution in [3.8, 4) is 5.69 Å². The molecule has 3 saturated heterocycles. The fraction of sp³-hybridized carbons (Fsp3) is 0.500. The molecule has 1 saturated carbocycles. The maximum Gasteiger partial charge on any atom is 0.405 e. The van der Waals surface area contributed by atoms with E-state index in [0.29, 0.717) is 52.0 Å². The number of benzene rings is 1. The zero-order chi connectivity index (χ0) is 44.6. The quantitative estimate of drug-likeness (QED) is 0.137. The summed E-state index contributed by atoms with van der Waals surface area (Å²) in [7, 11) is 0. The third-order valence-electron chi connectivity index (χ3n) is 12.1. The molecule has 336 valence electrons. The van der Waals surface area contributed by atoms with Crippen molar-refractivity contribution in [2.75, 3.05) is 61.3 Å². The number of imide groups is 1. The summed E-state index contributed by atoms with van der Waals surface area (Å²) in [5.74, 6) is -5.37. The Labute approximate surface area is 355 Å². The molecule has 0 bridgehead atoms. The third-order valence-corrected chi connectivity index (χ3v) is 12.1. The number of alkyl halides is 5. The van der Waals surface area contributed by atoms with Gasteiger partial charge < -0.3 is 20.4 Å². The van der Waals surface area contributed by atoms with Crippen molar-refractivity contribution in [1.29, 1.82) is 0 Å². The van der Waals surface area contributed by atoms with Crippen LogP contribution in [0.4, 0.5) is 47.9 Å². The number of carbonyl (C=O) groups is 4. The molecule has 3 aromatic heterocycles. The minimum Gasteiger partial charge on any atom is -0.371 e. The molecule has 23 heteroatoms. The first-order valence-corrected chi connectivity index (χ1v) is 20.6. The van der Waals surface area contributed by atoms with Crippen LogP contribution >= 0.6 is 0 Å². The molecule has 0 spiro atoms. The number of rotatable bonds is 11. The molecule has 4 aliphatic rings. The Bertz CT molecular complexity index is 2330. The van der Waals surface area contributed by atoms with Crippen molar-refractivity contribution in [2.24, 2.45) is 5.92 Å². The van der Waals surface area contributed by atoms with Gasteiger partial charge in [0.15, 0.2) is 11.4 Å². The number of hydrogen-bond donors (Lipinski definition) is 3. The number of carbonyl (C=O) groups excluding carboxylic acids is 4. The second-order valence-electron chi connectivity index (χ2n) is 16.1. The molecule has 3 aliphatic heterocycles. The number of aromatic nitrogens is 6. The van der Waals surface area contributed by atoms with Crippen LogP contribution in [0, 0.1) is 17.6 Å². The molecular weight excluding hydrogens is 846 g/mol. The number of anilines is 3. The number of piperidine rings is 1. The van der Waals surface area contributed by atoms with E-state index in [2.05, 4.69) is 41.1 Å². The summed E-state index contributed by atoms with van der Waals surface area (Å²) in [6.45, 7) is 1.71. The zero-order valence-corrected chi connectivity index (χ0v) is 33.6. The number of amides is 4. The van der Waals surface area contributed by atoms with Crippen molar-refractivity contribution in [2.45, 2.75) is 75.5 Å². The minimum atomic E-state index is -4.47. The van der Waals surface area contributed by atoms with E-state index in [1.165, 1.54) is 41.3 Å². The SMILES string of the molecule is O=C1CC[C@H](c2c(F)cc(N3CC[C@@H](C(=O)N4CCN(C5CCC(n6cc(NC(=O)c7cnn(-c8ccnc(NCC(F)(F)F)c8)n7)c(C(F)F)n6)CC5)CC4)C3)cc2F)C(=O)N1. The number of hydrogen-bond acceptors (Lipinski definition) is 11. The van der Waals surface area contributed by atoms with Gasteiger partial charge in [-0.25, -0.2) is 22.5 Å². The van der Waals surface area contributed by atoms with Crippen LogP contribution in [0.1, 0.15) is 85.1 Å². The molecule has 8 rings (SSSR count). The van der Waals surface area contributed by atoms with Gasteiger partial charge in [-0.15, -0.1) is 5.10 Å². The highest BCUT2D eigenvalue weighted by Gasteiger charge is 2.37. The standard InChI is InChI=1S/C40H43F7N12O4/c41-28-15-26(16-29(42)34(28)27-5-6-33(60)52-37(27)61)57-10-8-22(19-57)39(63)56-13-11-55(12-14-56)23-1-3-24(4-2-23)58-20-31(35(54-58)36(43)44)51-38(62)30-18-50-59(53-30)25-7-9-48-32(17-25)49-21-40(45,46)47/h7,9,15-18,20,22-24,27,36H,1-6,8,10-14,19,21H2,(H,48,49)(H,51,62)(H,52,60,61)/t22-,23?,24?,27-/m1/s1.